The van der Waals surface area contributed by atoms with Crippen molar-refractivity contribution >= 4 is 17.7 Å². The first-order valence-electron chi connectivity index (χ1n) is 4.58. The van der Waals surface area contributed by atoms with E-state index in [1.54, 1.807) is 6.07 Å². The predicted octanol–water partition coefficient (Wildman–Crippen LogP) is 0.753. The maximum atomic E-state index is 11.2. The van der Waals surface area contributed by atoms with Gasteiger partial charge in [-0.15, -0.1) is 0 Å². The molecule has 5 heteroatoms. The Morgan fingerprint density at radius 1 is 1.53 bits per heavy atom. The molecule has 1 N–H and O–H groups in total. The van der Waals surface area contributed by atoms with Crippen molar-refractivity contribution < 1.29 is 14.3 Å². The maximum absolute atomic E-state index is 11.2. The van der Waals surface area contributed by atoms with Crippen LogP contribution in [-0.2, 0) is 16.0 Å². The number of pyridine rings is 1. The van der Waals surface area contributed by atoms with Gasteiger partial charge in [-0.25, -0.2) is 9.78 Å². The highest BCUT2D eigenvalue weighted by Crippen LogP contribution is 2.20. The molecule has 1 aliphatic rings. The van der Waals surface area contributed by atoms with Crippen LogP contribution >= 0.6 is 0 Å². The van der Waals surface area contributed by atoms with Gasteiger partial charge in [0.25, 0.3) is 0 Å². The van der Waals surface area contributed by atoms with Crippen LogP contribution in [0, 0.1) is 0 Å². The Bertz CT molecular complexity index is 429. The van der Waals surface area contributed by atoms with Crippen molar-refractivity contribution in [1.29, 1.82) is 0 Å². The van der Waals surface area contributed by atoms with Crippen molar-refractivity contribution in [2.24, 2.45) is 0 Å². The van der Waals surface area contributed by atoms with E-state index in [1.807, 2.05) is 0 Å². The summed E-state index contributed by atoms with van der Waals surface area (Å²) in [7, 11) is 1.32. The Hall–Kier alpha value is -1.91. The van der Waals surface area contributed by atoms with Crippen molar-refractivity contribution in [3.05, 3.63) is 23.4 Å². The van der Waals surface area contributed by atoms with Gasteiger partial charge >= 0.3 is 5.97 Å². The lowest BCUT2D eigenvalue weighted by molar-refractivity contribution is -0.116. The Labute approximate surface area is 86.5 Å². The molecule has 1 aromatic heterocycles. The zero-order valence-electron chi connectivity index (χ0n) is 8.24. The molecule has 0 bridgehead atoms. The third-order valence-electron chi connectivity index (χ3n) is 2.27. The fourth-order valence-corrected chi connectivity index (χ4v) is 1.49. The molecular weight excluding hydrogens is 196 g/mol. The lowest BCUT2D eigenvalue weighted by atomic mass is 10.1. The third-order valence-corrected chi connectivity index (χ3v) is 2.27. The quantitative estimate of drug-likeness (QED) is 0.688. The molecule has 0 saturated carbocycles. The normalized spacial score (nSPS) is 14.1. The molecule has 0 saturated heterocycles. The van der Waals surface area contributed by atoms with E-state index in [2.05, 4.69) is 15.0 Å². The predicted molar refractivity (Wildman–Crippen MR) is 52.5 cm³/mol. The second-order valence-electron chi connectivity index (χ2n) is 3.27. The highest BCUT2D eigenvalue weighted by molar-refractivity contribution is 5.94. The van der Waals surface area contributed by atoms with Gasteiger partial charge in [-0.05, 0) is 18.1 Å². The van der Waals surface area contributed by atoms with E-state index in [0.29, 0.717) is 24.2 Å². The number of amides is 1. The van der Waals surface area contributed by atoms with Crippen LogP contribution in [0.4, 0.5) is 5.82 Å². The summed E-state index contributed by atoms with van der Waals surface area (Å²) in [6.07, 6.45) is 2.44. The van der Waals surface area contributed by atoms with E-state index in [4.69, 9.17) is 0 Å². The van der Waals surface area contributed by atoms with E-state index in [1.165, 1.54) is 13.3 Å². The first kappa shape index (κ1) is 9.64. The van der Waals surface area contributed by atoms with E-state index in [9.17, 15) is 9.59 Å². The van der Waals surface area contributed by atoms with Crippen LogP contribution in [0.1, 0.15) is 22.3 Å². The van der Waals surface area contributed by atoms with Crippen molar-refractivity contribution in [2.45, 2.75) is 12.8 Å². The fraction of sp³-hybridized carbons (Fsp3) is 0.300. The molecule has 5 nitrogen and oxygen atoms in total. The highest BCUT2D eigenvalue weighted by Gasteiger charge is 2.17. The number of esters is 1. The van der Waals surface area contributed by atoms with Gasteiger partial charge in [0.15, 0.2) is 0 Å². The summed E-state index contributed by atoms with van der Waals surface area (Å²) in [5.74, 6) is 0.0851. The summed E-state index contributed by atoms with van der Waals surface area (Å²) in [4.78, 5) is 26.3. The highest BCUT2D eigenvalue weighted by atomic mass is 16.5. The van der Waals surface area contributed by atoms with Gasteiger partial charge < -0.3 is 10.1 Å². The van der Waals surface area contributed by atoms with Gasteiger partial charge in [-0.1, -0.05) is 0 Å². The number of carbonyl (C=O) groups excluding carboxylic acids is 2. The lowest BCUT2D eigenvalue weighted by Gasteiger charge is -2.15. The standard InChI is InChI=1S/C10H10N2O3/c1-15-10(14)7-4-6-2-3-8(13)12-9(6)11-5-7/h4-5H,2-3H2,1H3,(H,11,12,13). The van der Waals surface area contributed by atoms with E-state index in [0.717, 1.165) is 5.56 Å². The third kappa shape index (κ3) is 1.81. The van der Waals surface area contributed by atoms with Crippen LogP contribution < -0.4 is 5.32 Å². The van der Waals surface area contributed by atoms with Crippen molar-refractivity contribution in [3.8, 4) is 0 Å². The van der Waals surface area contributed by atoms with Crippen LogP contribution in [0.15, 0.2) is 12.3 Å². The zero-order valence-corrected chi connectivity index (χ0v) is 8.24. The number of carbonyl (C=O) groups is 2. The average molecular weight is 206 g/mol. The lowest BCUT2D eigenvalue weighted by Crippen LogP contribution is -2.20. The summed E-state index contributed by atoms with van der Waals surface area (Å²) in [5.41, 5.74) is 1.28. The number of fused-ring (bicyclic) bond motifs is 1. The van der Waals surface area contributed by atoms with E-state index >= 15 is 0 Å². The number of hydrogen-bond donors (Lipinski definition) is 1. The number of ether oxygens (including phenoxy) is 1. The Balaban J connectivity index is 2.34. The van der Waals surface area contributed by atoms with E-state index < -0.39 is 5.97 Å². The summed E-state index contributed by atoms with van der Waals surface area (Å²) >= 11 is 0. The first-order valence-corrected chi connectivity index (χ1v) is 4.58. The second-order valence-corrected chi connectivity index (χ2v) is 3.27. The minimum Gasteiger partial charge on any atom is -0.465 e. The summed E-state index contributed by atoms with van der Waals surface area (Å²) in [6.45, 7) is 0. The Morgan fingerprint density at radius 3 is 3.07 bits per heavy atom. The van der Waals surface area contributed by atoms with Gasteiger partial charge in [0.2, 0.25) is 5.91 Å². The molecule has 1 amide bonds. The Morgan fingerprint density at radius 2 is 2.33 bits per heavy atom. The molecule has 2 heterocycles. The van der Waals surface area contributed by atoms with Crippen molar-refractivity contribution in [3.63, 3.8) is 0 Å². The number of nitrogens with zero attached hydrogens (tertiary/aromatic N) is 1. The number of hydrogen-bond acceptors (Lipinski definition) is 4. The number of rotatable bonds is 1. The smallest absolute Gasteiger partial charge is 0.339 e. The molecule has 15 heavy (non-hydrogen) atoms. The molecule has 0 fully saturated rings. The number of aromatic nitrogens is 1. The molecule has 0 aromatic carbocycles. The number of methoxy groups -OCH3 is 1. The molecule has 0 atom stereocenters. The second kappa shape index (κ2) is 3.68. The first-order chi connectivity index (χ1) is 7.20. The molecular formula is C10H10N2O3. The largest absolute Gasteiger partial charge is 0.465 e. The van der Waals surface area contributed by atoms with Gasteiger partial charge in [-0.3, -0.25) is 4.79 Å². The molecule has 1 aromatic rings. The van der Waals surface area contributed by atoms with Gasteiger partial charge in [0.05, 0.1) is 12.7 Å². The van der Waals surface area contributed by atoms with Crippen LogP contribution in [0.3, 0.4) is 0 Å². The van der Waals surface area contributed by atoms with Crippen LogP contribution in [0.25, 0.3) is 0 Å². The topological polar surface area (TPSA) is 68.3 Å². The van der Waals surface area contributed by atoms with Crippen LogP contribution in [-0.4, -0.2) is 24.0 Å². The molecule has 78 valence electrons. The average Bonchev–Trinajstić information content (AvgIpc) is 2.27. The number of anilines is 1. The molecule has 2 rings (SSSR count). The van der Waals surface area contributed by atoms with Crippen molar-refractivity contribution in [1.82, 2.24) is 4.98 Å². The van der Waals surface area contributed by atoms with Crippen molar-refractivity contribution in [2.75, 3.05) is 12.4 Å². The molecule has 0 unspecified atom stereocenters. The summed E-state index contributed by atoms with van der Waals surface area (Å²) < 4.78 is 4.58. The minimum atomic E-state index is -0.415. The summed E-state index contributed by atoms with van der Waals surface area (Å²) in [6, 6.07) is 1.70. The van der Waals surface area contributed by atoms with Crippen LogP contribution in [0.5, 0.6) is 0 Å². The van der Waals surface area contributed by atoms with E-state index in [-0.39, 0.29) is 5.91 Å². The fourth-order valence-electron chi connectivity index (χ4n) is 1.49. The molecule has 0 spiro atoms. The van der Waals surface area contributed by atoms with Crippen LogP contribution in [0.2, 0.25) is 0 Å². The Kier molecular flexibility index (Phi) is 2.37. The molecule has 1 aliphatic heterocycles. The maximum Gasteiger partial charge on any atom is 0.339 e. The van der Waals surface area contributed by atoms with Gasteiger partial charge in [-0.2, -0.15) is 0 Å². The van der Waals surface area contributed by atoms with Gasteiger partial charge in [0, 0.05) is 12.6 Å². The number of nitrogens with one attached hydrogen (secondary N) is 1. The summed E-state index contributed by atoms with van der Waals surface area (Å²) in [5, 5.41) is 2.64. The SMILES string of the molecule is COC(=O)c1cnc2c(c1)CCC(=O)N2. The zero-order chi connectivity index (χ0) is 10.8. The molecule has 0 aliphatic carbocycles. The molecule has 0 radical (unpaired) electrons. The number of aryl methyl sites for hydroxylation is 1. The monoisotopic (exact) mass is 206 g/mol. The van der Waals surface area contributed by atoms with Gasteiger partial charge in [0.1, 0.15) is 5.82 Å². The minimum absolute atomic E-state index is 0.0409.